The van der Waals surface area contributed by atoms with Crippen LogP contribution in [0.2, 0.25) is 5.02 Å². The van der Waals surface area contributed by atoms with Crippen LogP contribution >= 0.6 is 11.6 Å². The lowest BCUT2D eigenvalue weighted by Crippen LogP contribution is -2.42. The van der Waals surface area contributed by atoms with Crippen molar-refractivity contribution >= 4 is 17.6 Å². The topological polar surface area (TPSA) is 39.7 Å². The molecule has 0 radical (unpaired) electrons. The van der Waals surface area contributed by atoms with Crippen LogP contribution in [0.15, 0.2) is 29.3 Å². The van der Waals surface area contributed by atoms with Gasteiger partial charge in [0.1, 0.15) is 0 Å². The number of rotatable bonds is 7. The molecule has 0 spiro atoms. The van der Waals surface area contributed by atoms with E-state index >= 15 is 0 Å². The highest BCUT2D eigenvalue weighted by Crippen LogP contribution is 2.11. The average Bonchev–Trinajstić information content (AvgIpc) is 3.03. The maximum Gasteiger partial charge on any atom is 0.190 e. The molecule has 1 aliphatic rings. The predicted octanol–water partition coefficient (Wildman–Crippen LogP) is 2.78. The van der Waals surface area contributed by atoms with Gasteiger partial charge in [0.2, 0.25) is 0 Å². The standard InChI is InChI=1S/C18H29ClN4/c1-15(14-23-10-3-4-11-23)13-22-18(20-2)21-9-8-16-6-5-7-17(19)12-16/h5-7,12,15H,3-4,8-11,13-14H2,1-2H3,(H2,20,21,22). The van der Waals surface area contributed by atoms with E-state index in [2.05, 4.69) is 33.5 Å². The fourth-order valence-electron chi connectivity index (χ4n) is 2.98. The Morgan fingerprint density at radius 1 is 1.30 bits per heavy atom. The van der Waals surface area contributed by atoms with Crippen molar-refractivity contribution in [2.45, 2.75) is 26.2 Å². The lowest BCUT2D eigenvalue weighted by Gasteiger charge is -2.21. The Labute approximate surface area is 145 Å². The maximum absolute atomic E-state index is 6.01. The van der Waals surface area contributed by atoms with E-state index in [0.717, 1.165) is 30.5 Å². The summed E-state index contributed by atoms with van der Waals surface area (Å²) in [4.78, 5) is 6.85. The number of aliphatic imine (C=N–C) groups is 1. The Hall–Kier alpha value is -1.26. The van der Waals surface area contributed by atoms with Crippen molar-refractivity contribution in [3.05, 3.63) is 34.9 Å². The highest BCUT2D eigenvalue weighted by atomic mass is 35.5. The zero-order valence-electron chi connectivity index (χ0n) is 14.3. The van der Waals surface area contributed by atoms with E-state index in [9.17, 15) is 0 Å². The maximum atomic E-state index is 6.01. The number of halogens is 1. The molecule has 1 heterocycles. The van der Waals surface area contributed by atoms with Crippen LogP contribution in [-0.4, -0.2) is 50.6 Å². The van der Waals surface area contributed by atoms with Crippen molar-refractivity contribution in [3.63, 3.8) is 0 Å². The van der Waals surface area contributed by atoms with Crippen LogP contribution in [0.5, 0.6) is 0 Å². The summed E-state index contributed by atoms with van der Waals surface area (Å²) in [6.45, 7) is 7.79. The van der Waals surface area contributed by atoms with Crippen LogP contribution in [0.25, 0.3) is 0 Å². The van der Waals surface area contributed by atoms with Crippen LogP contribution < -0.4 is 10.6 Å². The number of benzene rings is 1. The van der Waals surface area contributed by atoms with Gasteiger partial charge in [-0.15, -0.1) is 0 Å². The van der Waals surface area contributed by atoms with Crippen LogP contribution in [-0.2, 0) is 6.42 Å². The smallest absolute Gasteiger partial charge is 0.190 e. The molecular formula is C18H29ClN4. The third kappa shape index (κ3) is 6.80. The molecule has 0 saturated carbocycles. The van der Waals surface area contributed by atoms with Gasteiger partial charge < -0.3 is 15.5 Å². The van der Waals surface area contributed by atoms with Gasteiger partial charge in [-0.1, -0.05) is 30.7 Å². The molecule has 1 aromatic carbocycles. The first-order chi connectivity index (χ1) is 11.2. The molecule has 5 heteroatoms. The van der Waals surface area contributed by atoms with Crippen LogP contribution in [0, 0.1) is 5.92 Å². The van der Waals surface area contributed by atoms with Crippen molar-refractivity contribution in [3.8, 4) is 0 Å². The first-order valence-electron chi connectivity index (χ1n) is 8.58. The van der Waals surface area contributed by atoms with Crippen molar-refractivity contribution in [1.29, 1.82) is 0 Å². The largest absolute Gasteiger partial charge is 0.356 e. The fourth-order valence-corrected chi connectivity index (χ4v) is 3.19. The molecule has 0 aliphatic carbocycles. The van der Waals surface area contributed by atoms with E-state index in [1.54, 1.807) is 0 Å². The first kappa shape index (κ1) is 18.1. The third-order valence-electron chi connectivity index (χ3n) is 4.21. The molecule has 1 aliphatic heterocycles. The Kier molecular flexibility index (Phi) is 7.69. The van der Waals surface area contributed by atoms with Gasteiger partial charge in [-0.2, -0.15) is 0 Å². The lowest BCUT2D eigenvalue weighted by atomic mass is 10.1. The SMILES string of the molecule is CN=C(NCCc1cccc(Cl)c1)NCC(C)CN1CCCC1. The molecule has 4 nitrogen and oxygen atoms in total. The summed E-state index contributed by atoms with van der Waals surface area (Å²) in [6.07, 6.45) is 3.64. The van der Waals surface area contributed by atoms with Gasteiger partial charge in [0, 0.05) is 31.7 Å². The van der Waals surface area contributed by atoms with Gasteiger partial charge in [0.05, 0.1) is 0 Å². The fraction of sp³-hybridized carbons (Fsp3) is 0.611. The molecule has 128 valence electrons. The number of hydrogen-bond acceptors (Lipinski definition) is 2. The van der Waals surface area contributed by atoms with Gasteiger partial charge in [-0.25, -0.2) is 0 Å². The van der Waals surface area contributed by atoms with Gasteiger partial charge in [0.25, 0.3) is 0 Å². The van der Waals surface area contributed by atoms with E-state index in [1.807, 2.05) is 25.2 Å². The summed E-state index contributed by atoms with van der Waals surface area (Å²) in [5, 5.41) is 7.59. The highest BCUT2D eigenvalue weighted by Gasteiger charge is 2.14. The quantitative estimate of drug-likeness (QED) is 0.594. The summed E-state index contributed by atoms with van der Waals surface area (Å²) >= 11 is 6.01. The number of likely N-dealkylation sites (tertiary alicyclic amines) is 1. The minimum Gasteiger partial charge on any atom is -0.356 e. The molecule has 1 fully saturated rings. The summed E-state index contributed by atoms with van der Waals surface area (Å²) in [6, 6.07) is 8.00. The van der Waals surface area contributed by atoms with Crippen LogP contribution in [0.3, 0.4) is 0 Å². The van der Waals surface area contributed by atoms with Crippen molar-refractivity contribution in [2.24, 2.45) is 10.9 Å². The molecule has 23 heavy (non-hydrogen) atoms. The van der Waals surface area contributed by atoms with Crippen molar-refractivity contribution in [2.75, 3.05) is 39.8 Å². The zero-order chi connectivity index (χ0) is 16.5. The Morgan fingerprint density at radius 3 is 2.78 bits per heavy atom. The molecule has 1 saturated heterocycles. The van der Waals surface area contributed by atoms with E-state index in [1.165, 1.54) is 38.0 Å². The van der Waals surface area contributed by atoms with Gasteiger partial charge >= 0.3 is 0 Å². The predicted molar refractivity (Wildman–Crippen MR) is 99.4 cm³/mol. The van der Waals surface area contributed by atoms with Gasteiger partial charge in [0.15, 0.2) is 5.96 Å². The molecule has 0 bridgehead atoms. The zero-order valence-corrected chi connectivity index (χ0v) is 15.1. The Balaban J connectivity index is 1.64. The van der Waals surface area contributed by atoms with E-state index in [-0.39, 0.29) is 0 Å². The number of nitrogens with zero attached hydrogens (tertiary/aromatic N) is 2. The first-order valence-corrected chi connectivity index (χ1v) is 8.96. The highest BCUT2D eigenvalue weighted by molar-refractivity contribution is 6.30. The van der Waals surface area contributed by atoms with Gasteiger partial charge in [-0.3, -0.25) is 4.99 Å². The summed E-state index contributed by atoms with van der Waals surface area (Å²) in [5.74, 6) is 1.50. The molecule has 0 amide bonds. The number of nitrogens with one attached hydrogen (secondary N) is 2. The second kappa shape index (κ2) is 9.78. The summed E-state index contributed by atoms with van der Waals surface area (Å²) in [5.41, 5.74) is 1.24. The second-order valence-corrected chi connectivity index (χ2v) is 6.81. The summed E-state index contributed by atoms with van der Waals surface area (Å²) in [7, 11) is 1.82. The minimum absolute atomic E-state index is 0.625. The lowest BCUT2D eigenvalue weighted by molar-refractivity contribution is 0.287. The Morgan fingerprint density at radius 2 is 2.09 bits per heavy atom. The van der Waals surface area contributed by atoms with Crippen LogP contribution in [0.4, 0.5) is 0 Å². The normalized spacial score (nSPS) is 17.3. The molecule has 0 aromatic heterocycles. The number of guanidine groups is 1. The Bertz CT molecular complexity index is 498. The van der Waals surface area contributed by atoms with E-state index in [4.69, 9.17) is 11.6 Å². The second-order valence-electron chi connectivity index (χ2n) is 6.37. The monoisotopic (exact) mass is 336 g/mol. The van der Waals surface area contributed by atoms with Gasteiger partial charge in [-0.05, 0) is 56.0 Å². The molecule has 1 aromatic rings. The molecule has 1 atom stereocenters. The average molecular weight is 337 g/mol. The molecule has 2 rings (SSSR count). The molecule has 1 unspecified atom stereocenters. The van der Waals surface area contributed by atoms with E-state index in [0.29, 0.717) is 5.92 Å². The molecular weight excluding hydrogens is 308 g/mol. The van der Waals surface area contributed by atoms with Crippen LogP contribution in [0.1, 0.15) is 25.3 Å². The molecule has 2 N–H and O–H groups in total. The van der Waals surface area contributed by atoms with E-state index < -0.39 is 0 Å². The van der Waals surface area contributed by atoms with Crippen molar-refractivity contribution in [1.82, 2.24) is 15.5 Å². The number of hydrogen-bond donors (Lipinski definition) is 2. The third-order valence-corrected chi connectivity index (χ3v) is 4.44. The summed E-state index contributed by atoms with van der Waals surface area (Å²) < 4.78 is 0. The van der Waals surface area contributed by atoms with Crippen molar-refractivity contribution < 1.29 is 0 Å². The minimum atomic E-state index is 0.625.